The minimum Gasteiger partial charge on any atom is -0.312 e. The van der Waals surface area contributed by atoms with Crippen molar-refractivity contribution in [3.8, 4) is 0 Å². The summed E-state index contributed by atoms with van der Waals surface area (Å²) in [4.78, 5) is 37.3. The quantitative estimate of drug-likeness (QED) is 0.733. The summed E-state index contributed by atoms with van der Waals surface area (Å²) in [5.41, 5.74) is 5.62. The third-order valence-electron chi connectivity index (χ3n) is 4.42. The molecular formula is C16H19N3O5S. The van der Waals surface area contributed by atoms with E-state index in [1.807, 2.05) is 0 Å². The Labute approximate surface area is 145 Å². The van der Waals surface area contributed by atoms with Gasteiger partial charge < -0.3 is 4.90 Å². The molecule has 0 aliphatic carbocycles. The number of carbonyl (C=O) groups excluding carboxylic acids is 3. The minimum absolute atomic E-state index is 0.00425. The van der Waals surface area contributed by atoms with E-state index >= 15 is 0 Å². The fraction of sp³-hybridized carbons (Fsp3) is 0.438. The molecule has 3 rings (SSSR count). The van der Waals surface area contributed by atoms with E-state index in [4.69, 9.17) is 0 Å². The lowest BCUT2D eigenvalue weighted by atomic mass is 10.1. The van der Waals surface area contributed by atoms with E-state index in [1.165, 1.54) is 0 Å². The molecule has 0 spiro atoms. The van der Waals surface area contributed by atoms with Crippen LogP contribution in [-0.2, 0) is 19.4 Å². The number of carbonyl (C=O) groups is 3. The molecule has 8 nitrogen and oxygen atoms in total. The van der Waals surface area contributed by atoms with Crippen molar-refractivity contribution in [1.82, 2.24) is 10.9 Å². The molecule has 9 heteroatoms. The van der Waals surface area contributed by atoms with Crippen LogP contribution in [-0.4, -0.2) is 44.2 Å². The zero-order chi connectivity index (χ0) is 18.0. The number of hydrazine groups is 1. The molecule has 2 fully saturated rings. The number of benzene rings is 1. The summed E-state index contributed by atoms with van der Waals surface area (Å²) in [5.74, 6) is -1.77. The van der Waals surface area contributed by atoms with Gasteiger partial charge in [0.2, 0.25) is 11.8 Å². The molecule has 1 aromatic rings. The van der Waals surface area contributed by atoms with Crippen molar-refractivity contribution in [3.63, 3.8) is 0 Å². The third-order valence-corrected chi connectivity index (χ3v) is 6.18. The monoisotopic (exact) mass is 365 g/mol. The molecule has 0 bridgehead atoms. The first kappa shape index (κ1) is 17.4. The first-order valence-electron chi connectivity index (χ1n) is 8.07. The molecular weight excluding hydrogens is 346 g/mol. The maximum atomic E-state index is 12.1. The van der Waals surface area contributed by atoms with Crippen LogP contribution < -0.4 is 15.8 Å². The van der Waals surface area contributed by atoms with Crippen LogP contribution in [0.25, 0.3) is 0 Å². The lowest BCUT2D eigenvalue weighted by molar-refractivity contribution is -0.125. The van der Waals surface area contributed by atoms with Crippen molar-refractivity contribution in [2.24, 2.45) is 5.92 Å². The maximum absolute atomic E-state index is 12.1. The van der Waals surface area contributed by atoms with E-state index in [0.29, 0.717) is 18.5 Å². The first-order chi connectivity index (χ1) is 11.9. The van der Waals surface area contributed by atoms with Gasteiger partial charge in [-0.3, -0.25) is 25.2 Å². The standard InChI is InChI=1S/C16H19N3O5S/c20-14-2-1-8-19(14)13-5-3-11(4-6-13)15(21)17-18-16(22)12-7-9-25(23,24)10-12/h3-6,12H,1-2,7-10H2,(H,17,21)(H,18,22)/t12-/m1/s1. The summed E-state index contributed by atoms with van der Waals surface area (Å²) in [5, 5.41) is 0. The maximum Gasteiger partial charge on any atom is 0.269 e. The summed E-state index contributed by atoms with van der Waals surface area (Å²) < 4.78 is 22.7. The molecule has 1 atom stereocenters. The van der Waals surface area contributed by atoms with Crippen molar-refractivity contribution in [1.29, 1.82) is 0 Å². The Hall–Kier alpha value is -2.42. The van der Waals surface area contributed by atoms with Gasteiger partial charge in [-0.05, 0) is 37.1 Å². The van der Waals surface area contributed by atoms with E-state index < -0.39 is 27.6 Å². The zero-order valence-electron chi connectivity index (χ0n) is 13.5. The van der Waals surface area contributed by atoms with Gasteiger partial charge in [0.1, 0.15) is 0 Å². The second kappa shape index (κ2) is 6.83. The molecule has 2 saturated heterocycles. The van der Waals surface area contributed by atoms with Crippen LogP contribution in [0.3, 0.4) is 0 Å². The van der Waals surface area contributed by atoms with E-state index in [9.17, 15) is 22.8 Å². The minimum atomic E-state index is -3.15. The van der Waals surface area contributed by atoms with Gasteiger partial charge in [0.15, 0.2) is 9.84 Å². The van der Waals surface area contributed by atoms with Crippen LogP contribution in [0.15, 0.2) is 24.3 Å². The van der Waals surface area contributed by atoms with Gasteiger partial charge >= 0.3 is 0 Å². The number of nitrogens with zero attached hydrogens (tertiary/aromatic N) is 1. The molecule has 2 aliphatic rings. The predicted molar refractivity (Wildman–Crippen MR) is 90.4 cm³/mol. The van der Waals surface area contributed by atoms with Crippen LogP contribution in [0, 0.1) is 5.92 Å². The van der Waals surface area contributed by atoms with Crippen molar-refractivity contribution in [2.45, 2.75) is 19.3 Å². The number of anilines is 1. The molecule has 25 heavy (non-hydrogen) atoms. The van der Waals surface area contributed by atoms with Crippen molar-refractivity contribution >= 4 is 33.2 Å². The largest absolute Gasteiger partial charge is 0.312 e. The molecule has 0 unspecified atom stereocenters. The Morgan fingerprint density at radius 3 is 2.40 bits per heavy atom. The zero-order valence-corrected chi connectivity index (χ0v) is 14.3. The van der Waals surface area contributed by atoms with Gasteiger partial charge in [-0.15, -0.1) is 0 Å². The normalized spacial score (nSPS) is 22.0. The fourth-order valence-corrected chi connectivity index (χ4v) is 4.75. The Morgan fingerprint density at radius 1 is 1.12 bits per heavy atom. The molecule has 2 N–H and O–H groups in total. The molecule has 3 amide bonds. The molecule has 2 aliphatic heterocycles. The number of hydrogen-bond acceptors (Lipinski definition) is 5. The molecule has 0 aromatic heterocycles. The van der Waals surface area contributed by atoms with Gasteiger partial charge in [0, 0.05) is 24.2 Å². The fourth-order valence-electron chi connectivity index (χ4n) is 3.01. The van der Waals surface area contributed by atoms with Crippen LogP contribution in [0.5, 0.6) is 0 Å². The molecule has 2 heterocycles. The van der Waals surface area contributed by atoms with Crippen LogP contribution in [0.2, 0.25) is 0 Å². The van der Waals surface area contributed by atoms with E-state index in [-0.39, 0.29) is 23.8 Å². The lowest BCUT2D eigenvalue weighted by Crippen LogP contribution is -2.44. The Balaban J connectivity index is 1.55. The van der Waals surface area contributed by atoms with Crippen molar-refractivity contribution in [2.75, 3.05) is 23.0 Å². The molecule has 0 saturated carbocycles. The smallest absolute Gasteiger partial charge is 0.269 e. The van der Waals surface area contributed by atoms with Gasteiger partial charge in [-0.1, -0.05) is 0 Å². The Bertz CT molecular complexity index is 804. The van der Waals surface area contributed by atoms with Crippen molar-refractivity contribution < 1.29 is 22.8 Å². The molecule has 0 radical (unpaired) electrons. The number of sulfone groups is 1. The van der Waals surface area contributed by atoms with Crippen LogP contribution in [0.4, 0.5) is 5.69 Å². The van der Waals surface area contributed by atoms with E-state index in [0.717, 1.165) is 12.1 Å². The number of nitrogens with one attached hydrogen (secondary N) is 2. The van der Waals surface area contributed by atoms with Crippen molar-refractivity contribution in [3.05, 3.63) is 29.8 Å². The second-order valence-corrected chi connectivity index (χ2v) is 8.47. The van der Waals surface area contributed by atoms with Crippen LogP contribution in [0.1, 0.15) is 29.6 Å². The third kappa shape index (κ3) is 3.98. The summed E-state index contributed by atoms with van der Waals surface area (Å²) >= 11 is 0. The van der Waals surface area contributed by atoms with Crippen LogP contribution >= 0.6 is 0 Å². The number of hydrogen-bond donors (Lipinski definition) is 2. The number of amides is 3. The first-order valence-corrected chi connectivity index (χ1v) is 9.89. The van der Waals surface area contributed by atoms with Gasteiger partial charge in [0.05, 0.1) is 17.4 Å². The second-order valence-electron chi connectivity index (χ2n) is 6.24. The Morgan fingerprint density at radius 2 is 1.84 bits per heavy atom. The summed E-state index contributed by atoms with van der Waals surface area (Å²) in [6.07, 6.45) is 1.62. The van der Waals surface area contributed by atoms with Gasteiger partial charge in [0.25, 0.3) is 5.91 Å². The topological polar surface area (TPSA) is 113 Å². The van der Waals surface area contributed by atoms with E-state index in [2.05, 4.69) is 10.9 Å². The SMILES string of the molecule is O=C(NNC(=O)[C@@H]1CCS(=O)(=O)C1)c1ccc(N2CCCC2=O)cc1. The predicted octanol–water partition coefficient (Wildman–Crippen LogP) is 0.00910. The van der Waals surface area contributed by atoms with E-state index in [1.54, 1.807) is 29.2 Å². The Kier molecular flexibility index (Phi) is 4.76. The highest BCUT2D eigenvalue weighted by Gasteiger charge is 2.33. The summed E-state index contributed by atoms with van der Waals surface area (Å²) in [6, 6.07) is 6.51. The molecule has 1 aromatic carbocycles. The summed E-state index contributed by atoms with van der Waals surface area (Å²) in [7, 11) is -3.15. The number of rotatable bonds is 3. The average Bonchev–Trinajstić information content (AvgIpc) is 3.17. The highest BCUT2D eigenvalue weighted by Crippen LogP contribution is 2.21. The highest BCUT2D eigenvalue weighted by atomic mass is 32.2. The average molecular weight is 365 g/mol. The van der Waals surface area contributed by atoms with Gasteiger partial charge in [-0.25, -0.2) is 8.42 Å². The lowest BCUT2D eigenvalue weighted by Gasteiger charge is -2.16. The van der Waals surface area contributed by atoms with Gasteiger partial charge in [-0.2, -0.15) is 0 Å². The highest BCUT2D eigenvalue weighted by molar-refractivity contribution is 7.91. The molecule has 134 valence electrons. The summed E-state index contributed by atoms with van der Waals surface area (Å²) in [6.45, 7) is 0.671.